The Morgan fingerprint density at radius 3 is 1.94 bits per heavy atom. The molecule has 0 saturated carbocycles. The number of hydrogen-bond donors (Lipinski definition) is 3. The minimum atomic E-state index is -0.287. The molecule has 0 rings (SSSR count). The highest BCUT2D eigenvalue weighted by atomic mass is 16.1. The van der Waals surface area contributed by atoms with Crippen LogP contribution < -0.4 is 16.8 Å². The Morgan fingerprint density at radius 2 is 1.69 bits per heavy atom. The van der Waals surface area contributed by atoms with Gasteiger partial charge in [0.1, 0.15) is 0 Å². The van der Waals surface area contributed by atoms with Gasteiger partial charge >= 0.3 is 0 Å². The van der Waals surface area contributed by atoms with Crippen molar-refractivity contribution in [3.8, 4) is 0 Å². The molecule has 0 spiro atoms. The van der Waals surface area contributed by atoms with E-state index in [9.17, 15) is 4.79 Å². The van der Waals surface area contributed by atoms with Gasteiger partial charge in [-0.1, -0.05) is 40.5 Å². The fourth-order valence-electron chi connectivity index (χ4n) is 0.922. The van der Waals surface area contributed by atoms with Crippen LogP contribution in [0.5, 0.6) is 0 Å². The summed E-state index contributed by atoms with van der Waals surface area (Å²) < 4.78 is 0. The molecule has 0 aromatic rings. The van der Waals surface area contributed by atoms with Gasteiger partial charge in [0.25, 0.3) is 0 Å². The minimum absolute atomic E-state index is 0.193. The second kappa shape index (κ2) is 19.9. The van der Waals surface area contributed by atoms with E-state index in [0.29, 0.717) is 6.54 Å². The van der Waals surface area contributed by atoms with Gasteiger partial charge in [-0.25, -0.2) is 0 Å². The number of amides is 1. The van der Waals surface area contributed by atoms with Crippen molar-refractivity contribution in [2.45, 2.75) is 59.4 Å². The van der Waals surface area contributed by atoms with E-state index in [1.54, 1.807) is 7.05 Å². The number of nitrogens with one attached hydrogen (secondary N) is 1. The van der Waals surface area contributed by atoms with Gasteiger partial charge in [-0.05, 0) is 26.4 Å². The number of hydrogen-bond acceptors (Lipinski definition) is 3. The molecule has 0 saturated heterocycles. The molecule has 16 heavy (non-hydrogen) atoms. The van der Waals surface area contributed by atoms with Gasteiger partial charge < -0.3 is 16.8 Å². The highest BCUT2D eigenvalue weighted by Crippen LogP contribution is 1.98. The lowest BCUT2D eigenvalue weighted by Gasteiger charge is -2.10. The van der Waals surface area contributed by atoms with Gasteiger partial charge in [-0.2, -0.15) is 0 Å². The van der Waals surface area contributed by atoms with Crippen LogP contribution in [0.15, 0.2) is 0 Å². The predicted molar refractivity (Wildman–Crippen MR) is 72.3 cm³/mol. The van der Waals surface area contributed by atoms with E-state index in [-0.39, 0.29) is 11.9 Å². The lowest BCUT2D eigenvalue weighted by atomic mass is 10.1. The summed E-state index contributed by atoms with van der Waals surface area (Å²) in [4.78, 5) is 10.7. The van der Waals surface area contributed by atoms with Crippen molar-refractivity contribution in [3.05, 3.63) is 0 Å². The highest BCUT2D eigenvalue weighted by molar-refractivity contribution is 5.79. The molecule has 4 nitrogen and oxygen atoms in total. The molecule has 0 aliphatic heterocycles. The Hall–Kier alpha value is -0.610. The molecule has 4 heteroatoms. The summed E-state index contributed by atoms with van der Waals surface area (Å²) in [7, 11) is 1.73. The van der Waals surface area contributed by atoms with Crippen molar-refractivity contribution in [3.63, 3.8) is 0 Å². The standard InChI is InChI=1S/C7H17N3O.C3H8.C2H6/c1-10-6(7(9)11)4-2-3-5-8;1-3-2;1-2/h6,10H,2-5,8H2,1H3,(H2,9,11);3H2,1-2H3;1-2H3. The van der Waals surface area contributed by atoms with Crippen LogP contribution in [0.25, 0.3) is 0 Å². The third kappa shape index (κ3) is 19.0. The van der Waals surface area contributed by atoms with Gasteiger partial charge in [-0.3, -0.25) is 4.79 Å². The van der Waals surface area contributed by atoms with Crippen LogP contribution in [0.1, 0.15) is 53.4 Å². The van der Waals surface area contributed by atoms with Crippen molar-refractivity contribution >= 4 is 5.91 Å². The Labute approximate surface area is 101 Å². The van der Waals surface area contributed by atoms with Crippen LogP contribution in [0.2, 0.25) is 0 Å². The van der Waals surface area contributed by atoms with Crippen LogP contribution in [0, 0.1) is 0 Å². The fraction of sp³-hybridized carbons (Fsp3) is 0.917. The number of unbranched alkanes of at least 4 members (excludes halogenated alkanes) is 1. The van der Waals surface area contributed by atoms with Crippen molar-refractivity contribution in [1.82, 2.24) is 5.32 Å². The molecular weight excluding hydrogens is 202 g/mol. The smallest absolute Gasteiger partial charge is 0.234 e. The zero-order valence-corrected chi connectivity index (χ0v) is 11.7. The van der Waals surface area contributed by atoms with E-state index in [4.69, 9.17) is 11.5 Å². The van der Waals surface area contributed by atoms with E-state index in [1.807, 2.05) is 13.8 Å². The molecule has 1 amide bonds. The van der Waals surface area contributed by atoms with Crippen molar-refractivity contribution < 1.29 is 4.79 Å². The van der Waals surface area contributed by atoms with Crippen LogP contribution in [0.4, 0.5) is 0 Å². The average molecular weight is 233 g/mol. The van der Waals surface area contributed by atoms with Crippen molar-refractivity contribution in [2.24, 2.45) is 11.5 Å². The molecule has 0 aliphatic carbocycles. The van der Waals surface area contributed by atoms with Crippen LogP contribution in [-0.2, 0) is 4.79 Å². The van der Waals surface area contributed by atoms with Gasteiger partial charge in [0.15, 0.2) is 0 Å². The quantitative estimate of drug-likeness (QED) is 0.610. The first-order chi connectivity index (χ1) is 7.63. The van der Waals surface area contributed by atoms with Crippen LogP contribution in [-0.4, -0.2) is 25.5 Å². The van der Waals surface area contributed by atoms with E-state index in [0.717, 1.165) is 19.3 Å². The minimum Gasteiger partial charge on any atom is -0.368 e. The normalized spacial score (nSPS) is 10.4. The Bertz CT molecular complexity index is 129. The second-order valence-corrected chi connectivity index (χ2v) is 3.24. The Morgan fingerprint density at radius 1 is 1.25 bits per heavy atom. The molecule has 1 atom stereocenters. The summed E-state index contributed by atoms with van der Waals surface area (Å²) in [5, 5.41) is 2.85. The lowest BCUT2D eigenvalue weighted by Crippen LogP contribution is -2.39. The van der Waals surface area contributed by atoms with E-state index < -0.39 is 0 Å². The lowest BCUT2D eigenvalue weighted by molar-refractivity contribution is -0.120. The van der Waals surface area contributed by atoms with E-state index in [2.05, 4.69) is 19.2 Å². The molecule has 0 radical (unpaired) electrons. The van der Waals surface area contributed by atoms with Gasteiger partial charge in [0.2, 0.25) is 5.91 Å². The summed E-state index contributed by atoms with van der Waals surface area (Å²) in [5.74, 6) is -0.287. The number of primary amides is 1. The molecule has 0 aromatic carbocycles. The monoisotopic (exact) mass is 233 g/mol. The van der Waals surface area contributed by atoms with Gasteiger partial charge in [0.05, 0.1) is 6.04 Å². The average Bonchev–Trinajstić information content (AvgIpc) is 2.28. The molecule has 0 aromatic heterocycles. The molecule has 0 bridgehead atoms. The predicted octanol–water partition coefficient (Wildman–Crippen LogP) is 1.63. The van der Waals surface area contributed by atoms with Crippen molar-refractivity contribution in [2.75, 3.05) is 13.6 Å². The van der Waals surface area contributed by atoms with Crippen molar-refractivity contribution in [1.29, 1.82) is 0 Å². The fourth-order valence-corrected chi connectivity index (χ4v) is 0.922. The largest absolute Gasteiger partial charge is 0.368 e. The van der Waals surface area contributed by atoms with Crippen LogP contribution >= 0.6 is 0 Å². The molecular formula is C12H31N3O. The van der Waals surface area contributed by atoms with E-state index >= 15 is 0 Å². The molecule has 5 N–H and O–H groups in total. The number of carbonyl (C=O) groups excluding carboxylic acids is 1. The molecule has 0 heterocycles. The molecule has 1 unspecified atom stereocenters. The first-order valence-electron chi connectivity index (χ1n) is 6.30. The number of rotatable bonds is 6. The maximum atomic E-state index is 10.7. The molecule has 0 fully saturated rings. The molecule has 100 valence electrons. The third-order valence-corrected chi connectivity index (χ3v) is 1.64. The number of nitrogens with two attached hydrogens (primary N) is 2. The van der Waals surface area contributed by atoms with E-state index in [1.165, 1.54) is 6.42 Å². The molecule has 0 aliphatic rings. The topological polar surface area (TPSA) is 81.1 Å². The third-order valence-electron chi connectivity index (χ3n) is 1.64. The summed E-state index contributed by atoms with van der Waals surface area (Å²) in [6, 6.07) is -0.193. The Kier molecular flexibility index (Phi) is 25.8. The summed E-state index contributed by atoms with van der Waals surface area (Å²) >= 11 is 0. The zero-order valence-electron chi connectivity index (χ0n) is 11.7. The highest BCUT2D eigenvalue weighted by Gasteiger charge is 2.10. The van der Waals surface area contributed by atoms with Crippen LogP contribution in [0.3, 0.4) is 0 Å². The summed E-state index contributed by atoms with van der Waals surface area (Å²) in [5.41, 5.74) is 10.4. The van der Waals surface area contributed by atoms with Gasteiger partial charge in [0, 0.05) is 0 Å². The maximum Gasteiger partial charge on any atom is 0.234 e. The Balaban J connectivity index is -0.000000289. The number of carbonyl (C=O) groups is 1. The summed E-state index contributed by atoms with van der Waals surface area (Å²) in [6.07, 6.45) is 3.93. The number of likely N-dealkylation sites (N-methyl/N-ethyl adjacent to an activating group) is 1. The second-order valence-electron chi connectivity index (χ2n) is 3.24. The van der Waals surface area contributed by atoms with Gasteiger partial charge in [-0.15, -0.1) is 0 Å². The maximum absolute atomic E-state index is 10.7. The SMILES string of the molecule is CC.CCC.CNC(CCCCN)C(N)=O. The summed E-state index contributed by atoms with van der Waals surface area (Å²) in [6.45, 7) is 8.93. The first kappa shape index (κ1) is 20.8. The zero-order chi connectivity index (χ0) is 13.4. The first-order valence-corrected chi connectivity index (χ1v) is 6.30.